The molecule has 0 unspecified atom stereocenters. The van der Waals surface area contributed by atoms with Crippen molar-refractivity contribution in [3.63, 3.8) is 0 Å². The third-order valence-electron chi connectivity index (χ3n) is 0.469. The summed E-state index contributed by atoms with van der Waals surface area (Å²) in [5.41, 5.74) is 0. The minimum Gasteiger partial charge on any atom is -0.119 e. The van der Waals surface area contributed by atoms with Crippen molar-refractivity contribution in [2.75, 3.05) is 13.2 Å². The molecule has 0 saturated heterocycles. The molecule has 0 spiro atoms. The van der Waals surface area contributed by atoms with E-state index in [1.165, 1.54) is 0 Å². The smallest absolute Gasteiger partial charge is 0.119 e. The Hall–Kier alpha value is 0.539. The average molecular weight is 193 g/mol. The van der Waals surface area contributed by atoms with Crippen molar-refractivity contribution in [3.05, 3.63) is 0 Å². The minimum absolute atomic E-state index is 0. The van der Waals surface area contributed by atoms with Crippen LogP contribution in [-0.2, 0) is 30.7 Å². The van der Waals surface area contributed by atoms with Gasteiger partial charge in [0.25, 0.3) is 0 Å². The van der Waals surface area contributed by atoms with Gasteiger partial charge < -0.3 is 0 Å². The maximum Gasteiger partial charge on any atom is 0.697 e. The van der Waals surface area contributed by atoms with Gasteiger partial charge in [-0.05, 0) is 13.8 Å². The first-order chi connectivity index (χ1) is 3.81. The van der Waals surface area contributed by atoms with E-state index in [4.69, 9.17) is 0 Å². The van der Waals surface area contributed by atoms with Gasteiger partial charge in [0.1, 0.15) is 13.2 Å². The van der Waals surface area contributed by atoms with Crippen LogP contribution in [0.15, 0.2) is 0 Å². The zero-order chi connectivity index (χ0) is 6.41. The van der Waals surface area contributed by atoms with Crippen molar-refractivity contribution in [3.8, 4) is 0 Å². The van der Waals surface area contributed by atoms with Crippen molar-refractivity contribution in [2.45, 2.75) is 13.8 Å². The summed E-state index contributed by atoms with van der Waals surface area (Å²) < 4.78 is 19.5. The van der Waals surface area contributed by atoms with Crippen LogP contribution >= 0.6 is 8.25 Å². The van der Waals surface area contributed by atoms with Crippen molar-refractivity contribution < 1.29 is 30.7 Å². The number of hydrogen-bond acceptors (Lipinski definition) is 3. The van der Waals surface area contributed by atoms with Crippen molar-refractivity contribution >= 4 is 8.25 Å². The molecule has 0 atom stereocenters. The van der Waals surface area contributed by atoms with Crippen LogP contribution in [0.1, 0.15) is 13.8 Å². The standard InChI is InChI=1S/C4H10O3P.Fe/c1-3-6-8(5)7-4-2;/h3-4H2,1-2H3;/q+1;. The Morgan fingerprint density at radius 3 is 1.78 bits per heavy atom. The van der Waals surface area contributed by atoms with Gasteiger partial charge in [0.2, 0.25) is 0 Å². The molecule has 0 amide bonds. The minimum atomic E-state index is -1.83. The summed E-state index contributed by atoms with van der Waals surface area (Å²) in [5, 5.41) is 0. The van der Waals surface area contributed by atoms with Gasteiger partial charge in [-0.3, -0.25) is 0 Å². The van der Waals surface area contributed by atoms with Gasteiger partial charge in [-0.25, -0.2) is 0 Å². The van der Waals surface area contributed by atoms with Crippen LogP contribution in [0.2, 0.25) is 0 Å². The fraction of sp³-hybridized carbons (Fsp3) is 1.00. The van der Waals surface area contributed by atoms with E-state index in [9.17, 15) is 4.57 Å². The van der Waals surface area contributed by atoms with Crippen molar-refractivity contribution in [2.24, 2.45) is 0 Å². The molecule has 0 saturated carbocycles. The molecule has 5 heteroatoms. The molecular formula is C4H10FeO3P+. The molecule has 0 aromatic carbocycles. The predicted octanol–water partition coefficient (Wildman–Crippen LogP) is 1.71. The molecule has 0 N–H and O–H groups in total. The van der Waals surface area contributed by atoms with Crippen LogP contribution in [0.3, 0.4) is 0 Å². The number of hydrogen-bond donors (Lipinski definition) is 0. The Morgan fingerprint density at radius 1 is 1.22 bits per heavy atom. The molecule has 0 aliphatic heterocycles. The first kappa shape index (κ1) is 12.2. The Morgan fingerprint density at radius 2 is 1.56 bits per heavy atom. The van der Waals surface area contributed by atoms with Crippen LogP contribution in [0, 0.1) is 0 Å². The summed E-state index contributed by atoms with van der Waals surface area (Å²) in [5.74, 6) is 0. The summed E-state index contributed by atoms with van der Waals surface area (Å²) >= 11 is 0. The Balaban J connectivity index is 0. The van der Waals surface area contributed by atoms with Crippen LogP contribution in [0.4, 0.5) is 0 Å². The first-order valence-corrected chi connectivity index (χ1v) is 3.63. The Labute approximate surface area is 66.5 Å². The van der Waals surface area contributed by atoms with Gasteiger partial charge in [0.15, 0.2) is 0 Å². The zero-order valence-corrected chi connectivity index (χ0v) is 7.44. The van der Waals surface area contributed by atoms with Crippen molar-refractivity contribution in [1.82, 2.24) is 0 Å². The number of rotatable bonds is 4. The molecule has 0 radical (unpaired) electrons. The Kier molecular flexibility index (Phi) is 11.6. The molecular weight excluding hydrogens is 183 g/mol. The quantitative estimate of drug-likeness (QED) is 0.503. The summed E-state index contributed by atoms with van der Waals surface area (Å²) in [6.45, 7) is 4.42. The second-order valence-corrected chi connectivity index (χ2v) is 2.02. The third kappa shape index (κ3) is 8.54. The molecule has 9 heavy (non-hydrogen) atoms. The van der Waals surface area contributed by atoms with Gasteiger partial charge in [0.05, 0.1) is 0 Å². The molecule has 3 nitrogen and oxygen atoms in total. The maximum absolute atomic E-state index is 10.3. The first-order valence-electron chi connectivity index (χ1n) is 2.54. The van der Waals surface area contributed by atoms with Gasteiger partial charge in [-0.15, -0.1) is 9.05 Å². The molecule has 0 aliphatic rings. The van der Waals surface area contributed by atoms with E-state index in [-0.39, 0.29) is 17.1 Å². The molecule has 0 aromatic heterocycles. The van der Waals surface area contributed by atoms with Crippen LogP contribution in [0.5, 0.6) is 0 Å². The second kappa shape index (κ2) is 8.54. The fourth-order valence-electron chi connectivity index (χ4n) is 0.248. The zero-order valence-electron chi connectivity index (χ0n) is 5.44. The van der Waals surface area contributed by atoms with E-state index in [1.807, 2.05) is 0 Å². The van der Waals surface area contributed by atoms with Gasteiger partial charge in [-0.1, -0.05) is 0 Å². The Bertz CT molecular complexity index is 70.2. The summed E-state index contributed by atoms with van der Waals surface area (Å²) in [7, 11) is -1.83. The van der Waals surface area contributed by atoms with E-state index in [0.29, 0.717) is 13.2 Å². The molecule has 0 heterocycles. The normalized spacial score (nSPS) is 8.22. The second-order valence-electron chi connectivity index (χ2n) is 1.06. The fourth-order valence-corrected chi connectivity index (χ4v) is 0.744. The van der Waals surface area contributed by atoms with Crippen LogP contribution < -0.4 is 0 Å². The van der Waals surface area contributed by atoms with Crippen molar-refractivity contribution in [1.29, 1.82) is 0 Å². The van der Waals surface area contributed by atoms with Gasteiger partial charge >= 0.3 is 8.25 Å². The third-order valence-corrected chi connectivity index (χ3v) is 1.41. The topological polar surface area (TPSA) is 35.5 Å². The monoisotopic (exact) mass is 193 g/mol. The molecule has 0 aliphatic carbocycles. The molecule has 0 fully saturated rings. The van der Waals surface area contributed by atoms with Crippen LogP contribution in [-0.4, -0.2) is 13.2 Å². The summed E-state index contributed by atoms with van der Waals surface area (Å²) in [6.07, 6.45) is 0. The summed E-state index contributed by atoms with van der Waals surface area (Å²) in [4.78, 5) is 0. The molecule has 0 rings (SSSR count). The van der Waals surface area contributed by atoms with E-state index in [2.05, 4.69) is 9.05 Å². The summed E-state index contributed by atoms with van der Waals surface area (Å²) in [6, 6.07) is 0. The SMILES string of the molecule is CCO[P+](=O)OCC.[Fe]. The van der Waals surface area contributed by atoms with E-state index in [1.54, 1.807) is 13.8 Å². The van der Waals surface area contributed by atoms with E-state index >= 15 is 0 Å². The van der Waals surface area contributed by atoms with Gasteiger partial charge in [0, 0.05) is 21.6 Å². The molecule has 56 valence electrons. The van der Waals surface area contributed by atoms with E-state index < -0.39 is 8.25 Å². The van der Waals surface area contributed by atoms with Gasteiger partial charge in [-0.2, -0.15) is 0 Å². The predicted molar refractivity (Wildman–Crippen MR) is 30.9 cm³/mol. The average Bonchev–Trinajstić information content (AvgIpc) is 1.68. The molecule has 0 aromatic rings. The maximum atomic E-state index is 10.3. The van der Waals surface area contributed by atoms with E-state index in [0.717, 1.165) is 0 Å². The molecule has 0 bridgehead atoms. The largest absolute Gasteiger partial charge is 0.697 e. The van der Waals surface area contributed by atoms with Crippen LogP contribution in [0.25, 0.3) is 0 Å².